The minimum Gasteiger partial charge on any atom is -0.393 e. The molecule has 0 bridgehead atoms. The SMILES string of the molecule is CC1(C)CC[C@H]2C(=CC[C@]3(C)[C@@H]2CC[C@@H]2[C@@]4(C)CC[C@H](O)C(C)(C)[C@@H]4CC[C@]23C)C1. The van der Waals surface area contributed by atoms with Crippen LogP contribution in [0, 0.1) is 50.7 Å². The van der Waals surface area contributed by atoms with Crippen molar-refractivity contribution < 1.29 is 5.11 Å². The highest BCUT2D eigenvalue weighted by Crippen LogP contribution is 2.74. The molecule has 0 saturated heterocycles. The van der Waals surface area contributed by atoms with E-state index in [1.807, 2.05) is 5.57 Å². The van der Waals surface area contributed by atoms with Gasteiger partial charge in [0, 0.05) is 0 Å². The molecule has 0 aromatic heterocycles. The fraction of sp³-hybridized carbons (Fsp3) is 0.931. The molecule has 0 radical (unpaired) electrons. The van der Waals surface area contributed by atoms with E-state index < -0.39 is 0 Å². The quantitative estimate of drug-likeness (QED) is 0.403. The zero-order valence-electron chi connectivity index (χ0n) is 21.0. The van der Waals surface area contributed by atoms with Gasteiger partial charge in [-0.25, -0.2) is 0 Å². The first-order valence-electron chi connectivity index (χ1n) is 13.2. The van der Waals surface area contributed by atoms with Gasteiger partial charge in [-0.15, -0.1) is 0 Å². The lowest BCUT2D eigenvalue weighted by Gasteiger charge is -2.71. The number of rotatable bonds is 0. The molecule has 8 atom stereocenters. The summed E-state index contributed by atoms with van der Waals surface area (Å²) in [5.41, 5.74) is 3.73. The first-order valence-corrected chi connectivity index (χ1v) is 13.2. The maximum Gasteiger partial charge on any atom is 0.0594 e. The number of aliphatic hydroxyl groups is 1. The summed E-state index contributed by atoms with van der Waals surface area (Å²) in [6, 6.07) is 0. The molecule has 30 heavy (non-hydrogen) atoms. The van der Waals surface area contributed by atoms with Gasteiger partial charge < -0.3 is 5.11 Å². The molecule has 0 aromatic carbocycles. The van der Waals surface area contributed by atoms with E-state index >= 15 is 0 Å². The summed E-state index contributed by atoms with van der Waals surface area (Å²) in [6.07, 6.45) is 16.0. The highest BCUT2D eigenvalue weighted by molar-refractivity contribution is 5.25. The van der Waals surface area contributed by atoms with E-state index in [0.717, 1.165) is 24.2 Å². The third-order valence-electron chi connectivity index (χ3n) is 12.5. The summed E-state index contributed by atoms with van der Waals surface area (Å²) in [6.45, 7) is 17.8. The van der Waals surface area contributed by atoms with E-state index in [-0.39, 0.29) is 11.5 Å². The van der Waals surface area contributed by atoms with Crippen LogP contribution < -0.4 is 0 Å². The van der Waals surface area contributed by atoms with Crippen molar-refractivity contribution in [1.82, 2.24) is 0 Å². The molecular formula is C29H48O. The lowest BCUT2D eigenvalue weighted by Crippen LogP contribution is -2.65. The Morgan fingerprint density at radius 1 is 0.767 bits per heavy atom. The van der Waals surface area contributed by atoms with Crippen LogP contribution in [-0.4, -0.2) is 11.2 Å². The molecule has 0 heterocycles. The van der Waals surface area contributed by atoms with Crippen LogP contribution in [0.25, 0.3) is 0 Å². The predicted molar refractivity (Wildman–Crippen MR) is 126 cm³/mol. The highest BCUT2D eigenvalue weighted by Gasteiger charge is 2.67. The van der Waals surface area contributed by atoms with Crippen molar-refractivity contribution in [3.8, 4) is 0 Å². The maximum absolute atomic E-state index is 10.9. The molecule has 0 spiro atoms. The Bertz CT molecular complexity index is 745. The molecule has 1 nitrogen and oxygen atoms in total. The fourth-order valence-electron chi connectivity index (χ4n) is 10.5. The van der Waals surface area contributed by atoms with Crippen LogP contribution >= 0.6 is 0 Å². The van der Waals surface area contributed by atoms with E-state index in [1.54, 1.807) is 0 Å². The van der Waals surface area contributed by atoms with Gasteiger partial charge in [-0.3, -0.25) is 0 Å². The molecule has 1 N–H and O–H groups in total. The standard InChI is InChI=1S/C29H48O/c1-25(2)14-11-20-19(18-25)10-16-28(6)21(20)8-9-23-27(5)15-13-24(30)26(3,4)22(27)12-17-29(23,28)7/h10,20-24,30H,8-9,11-18H2,1-7H3/t20-,21+,22-,23+,24-,27-,28+,29+/m0/s1. The fourth-order valence-corrected chi connectivity index (χ4v) is 10.5. The molecule has 170 valence electrons. The van der Waals surface area contributed by atoms with Gasteiger partial charge in [-0.2, -0.15) is 0 Å². The summed E-state index contributed by atoms with van der Waals surface area (Å²) in [5.74, 6) is 3.27. The van der Waals surface area contributed by atoms with E-state index in [0.29, 0.717) is 27.6 Å². The summed E-state index contributed by atoms with van der Waals surface area (Å²) < 4.78 is 0. The van der Waals surface area contributed by atoms with Gasteiger partial charge in [0.1, 0.15) is 0 Å². The van der Waals surface area contributed by atoms with Crippen molar-refractivity contribution in [2.45, 2.75) is 119 Å². The first kappa shape index (κ1) is 21.5. The molecule has 0 amide bonds. The van der Waals surface area contributed by atoms with Crippen LogP contribution in [0.1, 0.15) is 113 Å². The van der Waals surface area contributed by atoms with Gasteiger partial charge in [0.2, 0.25) is 0 Å². The minimum absolute atomic E-state index is 0.0701. The van der Waals surface area contributed by atoms with Crippen LogP contribution in [0.2, 0.25) is 0 Å². The van der Waals surface area contributed by atoms with Crippen molar-refractivity contribution in [2.75, 3.05) is 0 Å². The van der Waals surface area contributed by atoms with Gasteiger partial charge in [-0.05, 0) is 115 Å². The summed E-state index contributed by atoms with van der Waals surface area (Å²) in [4.78, 5) is 0. The van der Waals surface area contributed by atoms with Crippen molar-refractivity contribution in [3.05, 3.63) is 11.6 Å². The van der Waals surface area contributed by atoms with Crippen LogP contribution in [-0.2, 0) is 0 Å². The van der Waals surface area contributed by atoms with Crippen LogP contribution in [0.5, 0.6) is 0 Å². The second-order valence-corrected chi connectivity index (χ2v) is 14.5. The molecular weight excluding hydrogens is 364 g/mol. The zero-order chi connectivity index (χ0) is 21.7. The van der Waals surface area contributed by atoms with Crippen LogP contribution in [0.3, 0.4) is 0 Å². The molecule has 4 saturated carbocycles. The zero-order valence-corrected chi connectivity index (χ0v) is 21.0. The smallest absolute Gasteiger partial charge is 0.0594 e. The van der Waals surface area contributed by atoms with Gasteiger partial charge >= 0.3 is 0 Å². The Morgan fingerprint density at radius 3 is 2.23 bits per heavy atom. The summed E-state index contributed by atoms with van der Waals surface area (Å²) >= 11 is 0. The van der Waals surface area contributed by atoms with Gasteiger partial charge in [0.05, 0.1) is 6.10 Å². The molecule has 0 aliphatic heterocycles. The Balaban J connectivity index is 1.52. The Morgan fingerprint density at radius 2 is 1.50 bits per heavy atom. The molecule has 1 heteroatoms. The average Bonchev–Trinajstić information content (AvgIpc) is 2.65. The Hall–Kier alpha value is -0.300. The van der Waals surface area contributed by atoms with Crippen molar-refractivity contribution in [3.63, 3.8) is 0 Å². The van der Waals surface area contributed by atoms with E-state index in [1.165, 1.54) is 57.8 Å². The topological polar surface area (TPSA) is 20.2 Å². The monoisotopic (exact) mass is 412 g/mol. The number of allylic oxidation sites excluding steroid dienone is 2. The van der Waals surface area contributed by atoms with Crippen molar-refractivity contribution in [2.24, 2.45) is 50.7 Å². The molecule has 5 aliphatic carbocycles. The van der Waals surface area contributed by atoms with Crippen molar-refractivity contribution >= 4 is 0 Å². The third kappa shape index (κ3) is 2.63. The second kappa shape index (κ2) is 6.39. The highest BCUT2D eigenvalue weighted by atomic mass is 16.3. The van der Waals surface area contributed by atoms with E-state index in [4.69, 9.17) is 0 Å². The molecule has 5 aliphatic rings. The lowest BCUT2D eigenvalue weighted by molar-refractivity contribution is -0.230. The minimum atomic E-state index is -0.113. The molecule has 4 fully saturated rings. The Labute approximate surface area is 186 Å². The largest absolute Gasteiger partial charge is 0.393 e. The normalized spacial score (nSPS) is 54.1. The number of fused-ring (bicyclic) bond motifs is 7. The lowest BCUT2D eigenvalue weighted by atomic mass is 9.33. The van der Waals surface area contributed by atoms with E-state index in [9.17, 15) is 5.11 Å². The number of hydrogen-bond acceptors (Lipinski definition) is 1. The van der Waals surface area contributed by atoms with Gasteiger partial charge in [-0.1, -0.05) is 60.1 Å². The summed E-state index contributed by atoms with van der Waals surface area (Å²) in [5, 5.41) is 10.9. The second-order valence-electron chi connectivity index (χ2n) is 14.5. The van der Waals surface area contributed by atoms with Crippen LogP contribution in [0.4, 0.5) is 0 Å². The molecule has 0 aromatic rings. The van der Waals surface area contributed by atoms with E-state index in [2.05, 4.69) is 54.5 Å². The molecule has 0 unspecified atom stereocenters. The first-order chi connectivity index (χ1) is 13.9. The predicted octanol–water partition coefficient (Wildman–Crippen LogP) is 7.78. The maximum atomic E-state index is 10.9. The molecule has 5 rings (SSSR count). The number of hydrogen-bond donors (Lipinski definition) is 1. The number of aliphatic hydroxyl groups excluding tert-OH is 1. The van der Waals surface area contributed by atoms with Crippen LogP contribution in [0.15, 0.2) is 11.6 Å². The van der Waals surface area contributed by atoms with Gasteiger partial charge in [0.15, 0.2) is 0 Å². The third-order valence-corrected chi connectivity index (χ3v) is 12.5. The van der Waals surface area contributed by atoms with Gasteiger partial charge in [0.25, 0.3) is 0 Å². The average molecular weight is 413 g/mol. The Kier molecular flexibility index (Phi) is 4.59. The summed E-state index contributed by atoms with van der Waals surface area (Å²) in [7, 11) is 0. The van der Waals surface area contributed by atoms with Crippen molar-refractivity contribution in [1.29, 1.82) is 0 Å².